The second-order valence-electron chi connectivity index (χ2n) is 3.52. The molecule has 0 aliphatic rings. The molecule has 0 atom stereocenters. The number of halogens is 1. The number of aromatic nitrogens is 1. The maximum atomic E-state index is 5.08. The van der Waals surface area contributed by atoms with Crippen molar-refractivity contribution >= 4 is 27.3 Å². The van der Waals surface area contributed by atoms with Crippen molar-refractivity contribution in [2.45, 2.75) is 13.1 Å². The van der Waals surface area contributed by atoms with Gasteiger partial charge in [0.1, 0.15) is 0 Å². The molecule has 0 fully saturated rings. The van der Waals surface area contributed by atoms with Gasteiger partial charge in [-0.25, -0.2) is 4.98 Å². The van der Waals surface area contributed by atoms with Crippen LogP contribution in [0.4, 0.5) is 0 Å². The van der Waals surface area contributed by atoms with Gasteiger partial charge in [0.25, 0.3) is 0 Å². The van der Waals surface area contributed by atoms with Gasteiger partial charge in [0.2, 0.25) is 5.88 Å². The molecule has 90 valence electrons. The highest BCUT2D eigenvalue weighted by Gasteiger charge is 1.99. The van der Waals surface area contributed by atoms with Crippen LogP contribution in [0.5, 0.6) is 5.88 Å². The number of hydrogen-bond donors (Lipinski definition) is 1. The van der Waals surface area contributed by atoms with Crippen LogP contribution in [0, 0.1) is 0 Å². The Hall–Kier alpha value is -0.910. The van der Waals surface area contributed by atoms with Crippen molar-refractivity contribution in [1.82, 2.24) is 10.3 Å². The van der Waals surface area contributed by atoms with Gasteiger partial charge >= 0.3 is 0 Å². The standard InChI is InChI=1S/C12H13BrN2OS/c1-16-12-6-9(4-5-15-12)7-14-8-10-2-3-11(13)17-10/h2-6,14H,7-8H2,1H3. The summed E-state index contributed by atoms with van der Waals surface area (Å²) in [5.74, 6) is 0.656. The Morgan fingerprint density at radius 2 is 2.24 bits per heavy atom. The van der Waals surface area contributed by atoms with Crippen molar-refractivity contribution in [3.8, 4) is 5.88 Å². The van der Waals surface area contributed by atoms with E-state index in [2.05, 4.69) is 38.4 Å². The first kappa shape index (κ1) is 12.5. The van der Waals surface area contributed by atoms with E-state index in [0.717, 1.165) is 13.1 Å². The Morgan fingerprint density at radius 3 is 2.94 bits per heavy atom. The van der Waals surface area contributed by atoms with Crippen LogP contribution in [0.2, 0.25) is 0 Å². The van der Waals surface area contributed by atoms with E-state index < -0.39 is 0 Å². The number of thiophene rings is 1. The summed E-state index contributed by atoms with van der Waals surface area (Å²) in [5.41, 5.74) is 1.17. The van der Waals surface area contributed by atoms with Crippen LogP contribution in [-0.4, -0.2) is 12.1 Å². The molecule has 2 aromatic heterocycles. The molecule has 17 heavy (non-hydrogen) atoms. The minimum Gasteiger partial charge on any atom is -0.481 e. The fourth-order valence-corrected chi connectivity index (χ4v) is 2.90. The lowest BCUT2D eigenvalue weighted by Gasteiger charge is -2.04. The summed E-state index contributed by atoms with van der Waals surface area (Å²) in [5, 5.41) is 3.39. The molecule has 0 amide bonds. The van der Waals surface area contributed by atoms with Crippen molar-refractivity contribution < 1.29 is 4.74 Å². The van der Waals surface area contributed by atoms with Crippen molar-refractivity contribution in [3.05, 3.63) is 44.7 Å². The zero-order chi connectivity index (χ0) is 12.1. The molecule has 0 unspecified atom stereocenters. The first-order chi connectivity index (χ1) is 8.28. The SMILES string of the molecule is COc1cc(CNCc2ccc(Br)s2)ccn1. The predicted octanol–water partition coefficient (Wildman–Crippen LogP) is 3.20. The lowest BCUT2D eigenvalue weighted by atomic mass is 10.2. The summed E-state index contributed by atoms with van der Waals surface area (Å²) >= 11 is 5.20. The van der Waals surface area contributed by atoms with Gasteiger partial charge in [-0.2, -0.15) is 0 Å². The molecule has 0 saturated heterocycles. The van der Waals surface area contributed by atoms with Crippen molar-refractivity contribution in [1.29, 1.82) is 0 Å². The monoisotopic (exact) mass is 312 g/mol. The smallest absolute Gasteiger partial charge is 0.213 e. The maximum absolute atomic E-state index is 5.08. The summed E-state index contributed by atoms with van der Waals surface area (Å²) < 4.78 is 6.25. The van der Waals surface area contributed by atoms with Crippen molar-refractivity contribution in [3.63, 3.8) is 0 Å². The van der Waals surface area contributed by atoms with E-state index in [9.17, 15) is 0 Å². The van der Waals surface area contributed by atoms with Gasteiger partial charge in [-0.1, -0.05) is 0 Å². The minimum atomic E-state index is 0.656. The zero-order valence-electron chi connectivity index (χ0n) is 9.44. The molecule has 2 rings (SSSR count). The lowest BCUT2D eigenvalue weighted by molar-refractivity contribution is 0.397. The molecule has 0 spiro atoms. The third-order valence-electron chi connectivity index (χ3n) is 2.27. The molecule has 2 heterocycles. The molecule has 5 heteroatoms. The van der Waals surface area contributed by atoms with Crippen molar-refractivity contribution in [2.75, 3.05) is 7.11 Å². The van der Waals surface area contributed by atoms with Crippen LogP contribution >= 0.6 is 27.3 Å². The number of hydrogen-bond acceptors (Lipinski definition) is 4. The summed E-state index contributed by atoms with van der Waals surface area (Å²) in [6.45, 7) is 1.69. The largest absolute Gasteiger partial charge is 0.481 e. The van der Waals surface area contributed by atoms with E-state index >= 15 is 0 Å². The second kappa shape index (κ2) is 6.14. The summed E-state index contributed by atoms with van der Waals surface area (Å²) in [6.07, 6.45) is 1.76. The highest BCUT2D eigenvalue weighted by molar-refractivity contribution is 9.11. The third kappa shape index (κ3) is 3.80. The number of pyridine rings is 1. The Kier molecular flexibility index (Phi) is 4.53. The molecule has 3 nitrogen and oxygen atoms in total. The first-order valence-electron chi connectivity index (χ1n) is 5.22. The number of rotatable bonds is 5. The molecule has 0 aromatic carbocycles. The summed E-state index contributed by atoms with van der Waals surface area (Å²) in [7, 11) is 1.63. The Morgan fingerprint density at radius 1 is 1.35 bits per heavy atom. The number of nitrogens with zero attached hydrogens (tertiary/aromatic N) is 1. The molecular weight excluding hydrogens is 300 g/mol. The van der Waals surface area contributed by atoms with E-state index in [0.29, 0.717) is 5.88 Å². The maximum Gasteiger partial charge on any atom is 0.213 e. The van der Waals surface area contributed by atoms with Crippen LogP contribution < -0.4 is 10.1 Å². The van der Waals surface area contributed by atoms with Gasteiger partial charge in [0, 0.05) is 30.2 Å². The average Bonchev–Trinajstić information content (AvgIpc) is 2.75. The lowest BCUT2D eigenvalue weighted by Crippen LogP contribution is -2.11. The molecule has 0 saturated carbocycles. The van der Waals surface area contributed by atoms with Crippen LogP contribution in [0.3, 0.4) is 0 Å². The fourth-order valence-electron chi connectivity index (χ4n) is 1.45. The van der Waals surface area contributed by atoms with Gasteiger partial charge in [0.05, 0.1) is 10.9 Å². The minimum absolute atomic E-state index is 0.656. The quantitative estimate of drug-likeness (QED) is 0.920. The van der Waals surface area contributed by atoms with Gasteiger partial charge in [0.15, 0.2) is 0 Å². The highest BCUT2D eigenvalue weighted by Crippen LogP contribution is 2.21. The molecule has 1 N–H and O–H groups in total. The second-order valence-corrected chi connectivity index (χ2v) is 6.06. The zero-order valence-corrected chi connectivity index (χ0v) is 11.8. The number of nitrogens with one attached hydrogen (secondary N) is 1. The van der Waals surface area contributed by atoms with Gasteiger partial charge in [-0.15, -0.1) is 11.3 Å². The Balaban J connectivity index is 1.85. The van der Waals surface area contributed by atoms with Crippen LogP contribution in [0.15, 0.2) is 34.2 Å². The van der Waals surface area contributed by atoms with Gasteiger partial charge < -0.3 is 10.1 Å². The Bertz CT molecular complexity index is 487. The molecule has 0 aliphatic carbocycles. The molecule has 0 radical (unpaired) electrons. The van der Waals surface area contributed by atoms with Crippen LogP contribution in [0.25, 0.3) is 0 Å². The van der Waals surface area contributed by atoms with Gasteiger partial charge in [-0.3, -0.25) is 0 Å². The highest BCUT2D eigenvalue weighted by atomic mass is 79.9. The summed E-state index contributed by atoms with van der Waals surface area (Å²) in [4.78, 5) is 5.39. The van der Waals surface area contributed by atoms with Crippen LogP contribution in [0.1, 0.15) is 10.4 Å². The number of methoxy groups -OCH3 is 1. The molecule has 2 aromatic rings. The van der Waals surface area contributed by atoms with E-state index in [4.69, 9.17) is 4.74 Å². The molecular formula is C12H13BrN2OS. The fraction of sp³-hybridized carbons (Fsp3) is 0.250. The van der Waals surface area contributed by atoms with Crippen LogP contribution in [-0.2, 0) is 13.1 Å². The summed E-state index contributed by atoms with van der Waals surface area (Å²) in [6, 6.07) is 8.11. The van der Waals surface area contributed by atoms with Gasteiger partial charge in [-0.05, 0) is 39.7 Å². The normalized spacial score (nSPS) is 10.5. The topological polar surface area (TPSA) is 34.1 Å². The van der Waals surface area contributed by atoms with E-state index in [1.807, 2.05) is 12.1 Å². The molecule has 0 aliphatic heterocycles. The van der Waals surface area contributed by atoms with Crippen molar-refractivity contribution in [2.24, 2.45) is 0 Å². The first-order valence-corrected chi connectivity index (χ1v) is 6.83. The average molecular weight is 313 g/mol. The third-order valence-corrected chi connectivity index (χ3v) is 3.89. The van der Waals surface area contributed by atoms with E-state index in [1.54, 1.807) is 24.6 Å². The Labute approximate surface area is 113 Å². The number of ether oxygens (including phenoxy) is 1. The van der Waals surface area contributed by atoms with E-state index in [1.165, 1.54) is 14.2 Å². The predicted molar refractivity (Wildman–Crippen MR) is 73.4 cm³/mol. The molecule has 0 bridgehead atoms. The van der Waals surface area contributed by atoms with E-state index in [-0.39, 0.29) is 0 Å².